The van der Waals surface area contributed by atoms with Gasteiger partial charge in [0.25, 0.3) is 5.91 Å². The largest absolute Gasteiger partial charge is 0.347 e. The maximum Gasteiger partial charge on any atom is 0.268 e. The van der Waals surface area contributed by atoms with Crippen molar-refractivity contribution in [2.24, 2.45) is 0 Å². The van der Waals surface area contributed by atoms with Crippen LogP contribution in [0.15, 0.2) is 16.7 Å². The van der Waals surface area contributed by atoms with Crippen LogP contribution in [0.2, 0.25) is 0 Å². The molecule has 2 aliphatic rings. The first-order valence-electron chi connectivity index (χ1n) is 6.00. The summed E-state index contributed by atoms with van der Waals surface area (Å²) in [5.41, 5.74) is 0.802. The molecule has 1 atom stereocenters. The summed E-state index contributed by atoms with van der Waals surface area (Å²) in [6.45, 7) is 0. The third kappa shape index (κ3) is 2.55. The van der Waals surface area contributed by atoms with E-state index in [-0.39, 0.29) is 5.91 Å². The Labute approximate surface area is 113 Å². The molecule has 5 heteroatoms. The lowest BCUT2D eigenvalue weighted by atomic mass is 10.2. The minimum Gasteiger partial charge on any atom is -0.347 e. The van der Waals surface area contributed by atoms with Gasteiger partial charge in [-0.1, -0.05) is 0 Å². The Morgan fingerprint density at radius 1 is 1.47 bits per heavy atom. The lowest BCUT2D eigenvalue weighted by Crippen LogP contribution is -2.35. The number of halogens is 1. The zero-order valence-corrected chi connectivity index (χ0v) is 11.9. The van der Waals surface area contributed by atoms with Gasteiger partial charge in [0.2, 0.25) is 0 Å². The highest BCUT2D eigenvalue weighted by Crippen LogP contribution is 2.37. The fraction of sp³-hybridized carbons (Fsp3) is 0.583. The Balaban J connectivity index is 1.75. The van der Waals surface area contributed by atoms with E-state index >= 15 is 0 Å². The SMILES string of the molecule is O=C(NC1CCSC1)c1cc(Br)cn1C1CC1. The summed E-state index contributed by atoms with van der Waals surface area (Å²) >= 11 is 5.37. The number of aromatic nitrogens is 1. The van der Waals surface area contributed by atoms with Crippen LogP contribution >= 0.6 is 27.7 Å². The van der Waals surface area contributed by atoms with Crippen molar-refractivity contribution in [1.29, 1.82) is 0 Å². The Morgan fingerprint density at radius 3 is 2.94 bits per heavy atom. The smallest absolute Gasteiger partial charge is 0.268 e. The molecule has 1 N–H and O–H groups in total. The number of nitrogens with zero attached hydrogens (tertiary/aromatic N) is 1. The van der Waals surface area contributed by atoms with Gasteiger partial charge < -0.3 is 9.88 Å². The number of nitrogens with one attached hydrogen (secondary N) is 1. The Kier molecular flexibility index (Phi) is 3.21. The molecular formula is C12H15BrN2OS. The van der Waals surface area contributed by atoms with Crippen molar-refractivity contribution in [3.05, 3.63) is 22.4 Å². The van der Waals surface area contributed by atoms with Crippen molar-refractivity contribution < 1.29 is 4.79 Å². The van der Waals surface area contributed by atoms with Crippen molar-refractivity contribution in [2.45, 2.75) is 31.3 Å². The normalized spacial score (nSPS) is 23.9. The number of thioether (sulfide) groups is 1. The lowest BCUT2D eigenvalue weighted by molar-refractivity contribution is 0.0931. The molecule has 0 aromatic carbocycles. The van der Waals surface area contributed by atoms with Gasteiger partial charge in [-0.2, -0.15) is 11.8 Å². The van der Waals surface area contributed by atoms with Crippen LogP contribution in [-0.2, 0) is 0 Å². The van der Waals surface area contributed by atoms with Crippen LogP contribution in [0, 0.1) is 0 Å². The van der Waals surface area contributed by atoms with E-state index in [4.69, 9.17) is 0 Å². The molecule has 3 nitrogen and oxygen atoms in total. The number of hydrogen-bond donors (Lipinski definition) is 1. The van der Waals surface area contributed by atoms with Gasteiger partial charge in [0.15, 0.2) is 0 Å². The number of carbonyl (C=O) groups excluding carboxylic acids is 1. The second-order valence-corrected chi connectivity index (χ2v) is 6.78. The minimum atomic E-state index is 0.0788. The molecule has 1 aliphatic heterocycles. The Morgan fingerprint density at radius 2 is 2.29 bits per heavy atom. The van der Waals surface area contributed by atoms with E-state index in [0.717, 1.165) is 28.1 Å². The van der Waals surface area contributed by atoms with Gasteiger partial charge in [-0.25, -0.2) is 0 Å². The van der Waals surface area contributed by atoms with E-state index in [0.29, 0.717) is 12.1 Å². The monoisotopic (exact) mass is 314 g/mol. The summed E-state index contributed by atoms with van der Waals surface area (Å²) in [5, 5.41) is 3.13. The summed E-state index contributed by atoms with van der Waals surface area (Å²) in [6, 6.07) is 2.82. The van der Waals surface area contributed by atoms with E-state index < -0.39 is 0 Å². The number of rotatable bonds is 3. The molecule has 0 radical (unpaired) electrons. The zero-order valence-electron chi connectivity index (χ0n) is 9.49. The lowest BCUT2D eigenvalue weighted by Gasteiger charge is -2.12. The first kappa shape index (κ1) is 11.7. The maximum absolute atomic E-state index is 12.2. The molecule has 3 rings (SSSR count). The summed E-state index contributed by atoms with van der Waals surface area (Å²) in [7, 11) is 0. The van der Waals surface area contributed by atoms with Crippen LogP contribution in [0.5, 0.6) is 0 Å². The van der Waals surface area contributed by atoms with Gasteiger partial charge in [0.05, 0.1) is 0 Å². The quantitative estimate of drug-likeness (QED) is 0.931. The first-order chi connectivity index (χ1) is 8.24. The van der Waals surface area contributed by atoms with E-state index in [2.05, 4.69) is 25.8 Å². The van der Waals surface area contributed by atoms with Crippen molar-refractivity contribution >= 4 is 33.6 Å². The molecule has 1 aromatic rings. The van der Waals surface area contributed by atoms with E-state index in [1.54, 1.807) is 0 Å². The summed E-state index contributed by atoms with van der Waals surface area (Å²) in [6.07, 6.45) is 5.51. The van der Waals surface area contributed by atoms with Crippen molar-refractivity contribution in [1.82, 2.24) is 9.88 Å². The predicted octanol–water partition coefficient (Wildman–Crippen LogP) is 2.82. The average molecular weight is 315 g/mol. The second kappa shape index (κ2) is 4.69. The standard InChI is InChI=1S/C12H15BrN2OS/c13-8-5-11(15(6-8)10-1-2-10)12(16)14-9-3-4-17-7-9/h5-6,9-10H,1-4,7H2,(H,14,16). The first-order valence-corrected chi connectivity index (χ1v) is 7.95. The van der Waals surface area contributed by atoms with Gasteiger partial charge in [0, 0.05) is 28.5 Å². The van der Waals surface area contributed by atoms with Crippen LogP contribution in [-0.4, -0.2) is 28.0 Å². The van der Waals surface area contributed by atoms with Crippen molar-refractivity contribution in [3.63, 3.8) is 0 Å². The van der Waals surface area contributed by atoms with Crippen molar-refractivity contribution in [3.8, 4) is 0 Å². The minimum absolute atomic E-state index is 0.0788. The molecule has 1 saturated carbocycles. The van der Waals surface area contributed by atoms with Gasteiger partial charge in [0.1, 0.15) is 5.69 Å². The van der Waals surface area contributed by atoms with Gasteiger partial charge >= 0.3 is 0 Å². The maximum atomic E-state index is 12.2. The fourth-order valence-corrected chi connectivity index (χ4v) is 3.78. The van der Waals surface area contributed by atoms with Gasteiger partial charge in [-0.05, 0) is 47.0 Å². The Bertz CT molecular complexity index is 436. The summed E-state index contributed by atoms with van der Waals surface area (Å²) in [4.78, 5) is 12.2. The molecule has 1 aliphatic carbocycles. The molecule has 17 heavy (non-hydrogen) atoms. The summed E-state index contributed by atoms with van der Waals surface area (Å²) in [5.74, 6) is 2.30. The molecule has 1 amide bonds. The fourth-order valence-electron chi connectivity index (χ4n) is 2.19. The molecule has 1 saturated heterocycles. The zero-order chi connectivity index (χ0) is 11.8. The van der Waals surface area contributed by atoms with E-state index in [1.165, 1.54) is 12.8 Å². The highest BCUT2D eigenvalue weighted by atomic mass is 79.9. The molecule has 2 heterocycles. The predicted molar refractivity (Wildman–Crippen MR) is 73.6 cm³/mol. The molecule has 1 unspecified atom stereocenters. The average Bonchev–Trinajstić information content (AvgIpc) is 2.88. The molecule has 1 aromatic heterocycles. The van der Waals surface area contributed by atoms with E-state index in [1.807, 2.05) is 24.0 Å². The van der Waals surface area contributed by atoms with Gasteiger partial charge in [-0.15, -0.1) is 0 Å². The Hall–Kier alpha value is -0.420. The third-order valence-corrected chi connectivity index (χ3v) is 4.85. The molecule has 2 fully saturated rings. The van der Waals surface area contributed by atoms with Crippen molar-refractivity contribution in [2.75, 3.05) is 11.5 Å². The van der Waals surface area contributed by atoms with Crippen LogP contribution in [0.1, 0.15) is 35.8 Å². The molecule has 92 valence electrons. The highest BCUT2D eigenvalue weighted by molar-refractivity contribution is 9.10. The molecule has 0 spiro atoms. The number of hydrogen-bond acceptors (Lipinski definition) is 2. The molecular weight excluding hydrogens is 300 g/mol. The second-order valence-electron chi connectivity index (χ2n) is 4.72. The number of amides is 1. The highest BCUT2D eigenvalue weighted by Gasteiger charge is 2.28. The summed E-state index contributed by atoms with van der Waals surface area (Å²) < 4.78 is 3.11. The van der Waals surface area contributed by atoms with Gasteiger partial charge in [-0.3, -0.25) is 4.79 Å². The van der Waals surface area contributed by atoms with Crippen LogP contribution in [0.25, 0.3) is 0 Å². The van der Waals surface area contributed by atoms with Crippen LogP contribution in [0.4, 0.5) is 0 Å². The third-order valence-electron chi connectivity index (χ3n) is 3.25. The van der Waals surface area contributed by atoms with E-state index in [9.17, 15) is 4.79 Å². The van der Waals surface area contributed by atoms with Crippen LogP contribution < -0.4 is 5.32 Å². The van der Waals surface area contributed by atoms with Crippen LogP contribution in [0.3, 0.4) is 0 Å². The topological polar surface area (TPSA) is 34.0 Å². The molecule has 0 bridgehead atoms. The number of carbonyl (C=O) groups is 1.